The molecular weight excluding hydrogens is 366 g/mol. The van der Waals surface area contributed by atoms with Crippen molar-refractivity contribution in [2.75, 3.05) is 0 Å². The second-order valence-electron chi connectivity index (χ2n) is 8.34. The quantitative estimate of drug-likeness (QED) is 0.610. The highest BCUT2D eigenvalue weighted by Crippen LogP contribution is 2.35. The fraction of sp³-hybridized carbons (Fsp3) is 0.435. The number of carbonyl (C=O) groups excluding carboxylic acids is 1. The fourth-order valence-corrected chi connectivity index (χ4v) is 4.76. The Morgan fingerprint density at radius 1 is 1.07 bits per heavy atom. The summed E-state index contributed by atoms with van der Waals surface area (Å²) in [7, 11) is 0. The summed E-state index contributed by atoms with van der Waals surface area (Å²) in [6, 6.07) is 15.7. The Bertz CT molecular complexity index is 865. The van der Waals surface area contributed by atoms with E-state index < -0.39 is 4.92 Å². The first kappa shape index (κ1) is 19.6. The van der Waals surface area contributed by atoms with Gasteiger partial charge in [-0.05, 0) is 50.3 Å². The number of fused-ring (bicyclic) bond motifs is 2. The van der Waals surface area contributed by atoms with Crippen LogP contribution < -0.4 is 5.32 Å². The predicted octanol–water partition coefficient (Wildman–Crippen LogP) is 4.22. The van der Waals surface area contributed by atoms with E-state index in [1.165, 1.54) is 54.7 Å². The van der Waals surface area contributed by atoms with Crippen LogP contribution in [0.3, 0.4) is 0 Å². The SMILES string of the molecule is Cc1ccc(CN2[C@@H]3CCC[C@H]2CC(NC(=O)c2ccc([N+](=O)[O-])cc2)C3)cc1. The zero-order valence-electron chi connectivity index (χ0n) is 16.7. The van der Waals surface area contributed by atoms with Gasteiger partial charge in [-0.15, -0.1) is 0 Å². The van der Waals surface area contributed by atoms with Crippen molar-refractivity contribution < 1.29 is 9.72 Å². The molecule has 0 saturated carbocycles. The Balaban J connectivity index is 1.39. The summed E-state index contributed by atoms with van der Waals surface area (Å²) in [4.78, 5) is 25.6. The van der Waals surface area contributed by atoms with Gasteiger partial charge in [0.1, 0.15) is 0 Å². The molecule has 0 spiro atoms. The molecule has 0 radical (unpaired) electrons. The number of rotatable bonds is 5. The van der Waals surface area contributed by atoms with Crippen LogP contribution in [0.5, 0.6) is 0 Å². The lowest BCUT2D eigenvalue weighted by atomic mass is 9.81. The van der Waals surface area contributed by atoms with Crippen molar-refractivity contribution in [2.45, 2.75) is 63.7 Å². The van der Waals surface area contributed by atoms with Crippen molar-refractivity contribution in [3.63, 3.8) is 0 Å². The number of hydrogen-bond donors (Lipinski definition) is 1. The molecule has 2 aromatic rings. The third-order valence-corrected chi connectivity index (χ3v) is 6.29. The van der Waals surface area contributed by atoms with E-state index in [2.05, 4.69) is 41.4 Å². The zero-order valence-corrected chi connectivity index (χ0v) is 16.7. The van der Waals surface area contributed by atoms with Gasteiger partial charge in [-0.3, -0.25) is 19.8 Å². The zero-order chi connectivity index (χ0) is 20.4. The number of piperidine rings is 2. The highest BCUT2D eigenvalue weighted by atomic mass is 16.6. The Labute approximate surface area is 171 Å². The van der Waals surface area contributed by atoms with Crippen LogP contribution in [0.15, 0.2) is 48.5 Å². The van der Waals surface area contributed by atoms with E-state index in [9.17, 15) is 14.9 Å². The van der Waals surface area contributed by atoms with Crippen LogP contribution in [0.25, 0.3) is 0 Å². The van der Waals surface area contributed by atoms with Crippen LogP contribution in [-0.2, 0) is 6.54 Å². The maximum absolute atomic E-state index is 12.6. The van der Waals surface area contributed by atoms with E-state index in [1.807, 2.05) is 0 Å². The number of nitro benzene ring substituents is 1. The number of nitrogens with one attached hydrogen (secondary N) is 1. The van der Waals surface area contributed by atoms with Crippen LogP contribution in [0.4, 0.5) is 5.69 Å². The minimum atomic E-state index is -0.452. The summed E-state index contributed by atoms with van der Waals surface area (Å²) in [5.41, 5.74) is 3.10. The lowest BCUT2D eigenvalue weighted by molar-refractivity contribution is -0.384. The molecule has 4 rings (SSSR count). The molecule has 2 aliphatic heterocycles. The molecule has 0 aromatic heterocycles. The van der Waals surface area contributed by atoms with Gasteiger partial charge in [0.15, 0.2) is 0 Å². The minimum Gasteiger partial charge on any atom is -0.349 e. The lowest BCUT2D eigenvalue weighted by Gasteiger charge is -2.49. The molecule has 2 saturated heterocycles. The number of benzene rings is 2. The van der Waals surface area contributed by atoms with Gasteiger partial charge in [-0.25, -0.2) is 0 Å². The number of aryl methyl sites for hydroxylation is 1. The second kappa shape index (κ2) is 8.33. The Hall–Kier alpha value is -2.73. The molecule has 6 nitrogen and oxygen atoms in total. The summed E-state index contributed by atoms with van der Waals surface area (Å²) >= 11 is 0. The molecule has 3 atom stereocenters. The Morgan fingerprint density at radius 3 is 2.28 bits per heavy atom. The van der Waals surface area contributed by atoms with Gasteiger partial charge in [0.05, 0.1) is 4.92 Å². The van der Waals surface area contributed by atoms with Gasteiger partial charge in [0.2, 0.25) is 0 Å². The number of carbonyl (C=O) groups is 1. The maximum atomic E-state index is 12.6. The van der Waals surface area contributed by atoms with E-state index in [0.29, 0.717) is 17.6 Å². The molecule has 0 aliphatic carbocycles. The van der Waals surface area contributed by atoms with Crippen molar-refractivity contribution in [2.24, 2.45) is 0 Å². The van der Waals surface area contributed by atoms with Crippen molar-refractivity contribution >= 4 is 11.6 Å². The topological polar surface area (TPSA) is 75.5 Å². The highest BCUT2D eigenvalue weighted by molar-refractivity contribution is 5.94. The molecule has 2 aromatic carbocycles. The largest absolute Gasteiger partial charge is 0.349 e. The Kier molecular flexibility index (Phi) is 5.62. The number of non-ortho nitro benzene ring substituents is 1. The minimum absolute atomic E-state index is 0.000459. The van der Waals surface area contributed by atoms with Crippen molar-refractivity contribution in [1.29, 1.82) is 0 Å². The first-order valence-corrected chi connectivity index (χ1v) is 10.4. The van der Waals surface area contributed by atoms with Gasteiger partial charge in [0, 0.05) is 42.4 Å². The van der Waals surface area contributed by atoms with E-state index >= 15 is 0 Å². The first-order chi connectivity index (χ1) is 14.0. The van der Waals surface area contributed by atoms with Crippen LogP contribution in [0, 0.1) is 17.0 Å². The molecule has 2 bridgehead atoms. The fourth-order valence-electron chi connectivity index (χ4n) is 4.76. The first-order valence-electron chi connectivity index (χ1n) is 10.4. The monoisotopic (exact) mass is 393 g/mol. The van der Waals surface area contributed by atoms with E-state index in [1.54, 1.807) is 0 Å². The average molecular weight is 393 g/mol. The Morgan fingerprint density at radius 2 is 1.69 bits per heavy atom. The van der Waals surface area contributed by atoms with E-state index in [0.717, 1.165) is 19.4 Å². The van der Waals surface area contributed by atoms with Gasteiger partial charge < -0.3 is 5.32 Å². The molecule has 6 heteroatoms. The lowest BCUT2D eigenvalue weighted by Crippen LogP contribution is -2.56. The second-order valence-corrected chi connectivity index (χ2v) is 8.34. The molecule has 1 N–H and O–H groups in total. The summed E-state index contributed by atoms with van der Waals surface area (Å²) in [6.45, 7) is 3.08. The van der Waals surface area contributed by atoms with E-state index in [-0.39, 0.29) is 17.6 Å². The van der Waals surface area contributed by atoms with Crippen LogP contribution in [-0.4, -0.2) is 33.9 Å². The molecule has 29 heavy (non-hydrogen) atoms. The van der Waals surface area contributed by atoms with E-state index in [4.69, 9.17) is 0 Å². The smallest absolute Gasteiger partial charge is 0.269 e. The molecule has 1 unspecified atom stereocenters. The molecular formula is C23H27N3O3. The van der Waals surface area contributed by atoms with Gasteiger partial charge in [-0.1, -0.05) is 36.2 Å². The molecule has 2 fully saturated rings. The van der Waals surface area contributed by atoms with Gasteiger partial charge in [-0.2, -0.15) is 0 Å². The predicted molar refractivity (Wildman–Crippen MR) is 112 cm³/mol. The molecule has 2 heterocycles. The van der Waals surface area contributed by atoms with Crippen molar-refractivity contribution in [3.05, 3.63) is 75.3 Å². The van der Waals surface area contributed by atoms with Crippen LogP contribution >= 0.6 is 0 Å². The summed E-state index contributed by atoms with van der Waals surface area (Å²) < 4.78 is 0. The number of hydrogen-bond acceptors (Lipinski definition) is 4. The average Bonchev–Trinajstić information content (AvgIpc) is 2.70. The standard InChI is InChI=1S/C23H27N3O3/c1-16-5-7-17(8-6-16)15-25-21-3-2-4-22(25)14-19(13-21)24-23(27)18-9-11-20(12-10-18)26(28)29/h5-12,19,21-22H,2-4,13-15H2,1H3,(H,24,27)/t19?,21-,22+. The third kappa shape index (κ3) is 4.48. The summed E-state index contributed by atoms with van der Waals surface area (Å²) in [5.74, 6) is -0.144. The highest BCUT2D eigenvalue weighted by Gasteiger charge is 2.38. The van der Waals surface area contributed by atoms with Gasteiger partial charge in [0.25, 0.3) is 11.6 Å². The third-order valence-electron chi connectivity index (χ3n) is 6.29. The maximum Gasteiger partial charge on any atom is 0.269 e. The normalized spacial score (nSPS) is 24.1. The van der Waals surface area contributed by atoms with Crippen LogP contribution in [0.2, 0.25) is 0 Å². The van der Waals surface area contributed by atoms with Gasteiger partial charge >= 0.3 is 0 Å². The summed E-state index contributed by atoms with van der Waals surface area (Å²) in [5, 5.41) is 14.0. The summed E-state index contributed by atoms with van der Waals surface area (Å²) in [6.07, 6.45) is 5.52. The van der Waals surface area contributed by atoms with Crippen molar-refractivity contribution in [3.8, 4) is 0 Å². The molecule has 152 valence electrons. The molecule has 1 amide bonds. The molecule has 2 aliphatic rings. The number of amides is 1. The number of nitro groups is 1. The van der Waals surface area contributed by atoms with Crippen molar-refractivity contribution in [1.82, 2.24) is 10.2 Å². The van der Waals surface area contributed by atoms with Crippen LogP contribution in [0.1, 0.15) is 53.6 Å². The number of nitrogens with zero attached hydrogens (tertiary/aromatic N) is 2.